The van der Waals surface area contributed by atoms with E-state index in [0.29, 0.717) is 6.54 Å². The molecule has 1 rings (SSSR count). The molecule has 0 radical (unpaired) electrons. The van der Waals surface area contributed by atoms with Gasteiger partial charge in [0, 0.05) is 6.54 Å². The number of hydrogen-bond acceptors (Lipinski definition) is 3. The molecular weight excluding hydrogens is 252 g/mol. The SMILES string of the molecule is CC(C)(C)[C@@H](NC(=O)NCc1ccsc1)C(=O)O. The summed E-state index contributed by atoms with van der Waals surface area (Å²) >= 11 is 1.55. The molecule has 18 heavy (non-hydrogen) atoms. The maximum Gasteiger partial charge on any atom is 0.326 e. The van der Waals surface area contributed by atoms with Crippen molar-refractivity contribution in [2.45, 2.75) is 33.4 Å². The number of urea groups is 1. The highest BCUT2D eigenvalue weighted by Crippen LogP contribution is 2.19. The van der Waals surface area contributed by atoms with E-state index in [1.165, 1.54) is 0 Å². The number of aliphatic carboxylic acids is 1. The number of thiophene rings is 1. The summed E-state index contributed by atoms with van der Waals surface area (Å²) in [6.45, 7) is 5.70. The van der Waals surface area contributed by atoms with Gasteiger partial charge in [-0.25, -0.2) is 9.59 Å². The summed E-state index contributed by atoms with van der Waals surface area (Å²) in [5.74, 6) is -1.03. The highest BCUT2D eigenvalue weighted by molar-refractivity contribution is 7.07. The number of carbonyl (C=O) groups is 2. The Hall–Kier alpha value is -1.56. The highest BCUT2D eigenvalue weighted by Gasteiger charge is 2.32. The third-order valence-corrected chi connectivity index (χ3v) is 3.15. The summed E-state index contributed by atoms with van der Waals surface area (Å²) < 4.78 is 0. The van der Waals surface area contributed by atoms with Gasteiger partial charge in [0.25, 0.3) is 0 Å². The maximum absolute atomic E-state index is 11.6. The average Bonchev–Trinajstić information content (AvgIpc) is 2.73. The van der Waals surface area contributed by atoms with Crippen LogP contribution < -0.4 is 10.6 Å². The Balaban J connectivity index is 2.49. The first-order valence-corrected chi connectivity index (χ1v) is 6.53. The zero-order chi connectivity index (χ0) is 13.8. The van der Waals surface area contributed by atoms with Crippen molar-refractivity contribution in [1.82, 2.24) is 10.6 Å². The Bertz CT molecular complexity index is 409. The van der Waals surface area contributed by atoms with Gasteiger partial charge in [-0.15, -0.1) is 0 Å². The predicted molar refractivity (Wildman–Crippen MR) is 70.6 cm³/mol. The maximum atomic E-state index is 11.6. The molecule has 0 aliphatic rings. The standard InChI is InChI=1S/C12H18N2O3S/c1-12(2,3)9(10(15)16)14-11(17)13-6-8-4-5-18-7-8/h4-5,7,9H,6H2,1-3H3,(H,15,16)(H2,13,14,17)/t9-/m0/s1. The largest absolute Gasteiger partial charge is 0.480 e. The first-order chi connectivity index (χ1) is 8.30. The van der Waals surface area contributed by atoms with Crippen LogP contribution in [0.5, 0.6) is 0 Å². The lowest BCUT2D eigenvalue weighted by atomic mass is 9.87. The fourth-order valence-electron chi connectivity index (χ4n) is 1.41. The molecule has 0 unspecified atom stereocenters. The normalized spacial score (nSPS) is 12.8. The van der Waals surface area contributed by atoms with Crippen LogP contribution in [-0.2, 0) is 11.3 Å². The van der Waals surface area contributed by atoms with Gasteiger partial charge in [0.15, 0.2) is 0 Å². The van der Waals surface area contributed by atoms with Crippen LogP contribution in [0.25, 0.3) is 0 Å². The molecule has 3 N–H and O–H groups in total. The lowest BCUT2D eigenvalue weighted by Crippen LogP contribution is -2.52. The quantitative estimate of drug-likeness (QED) is 0.783. The van der Waals surface area contributed by atoms with Gasteiger partial charge < -0.3 is 15.7 Å². The van der Waals surface area contributed by atoms with Crippen LogP contribution in [0.4, 0.5) is 4.79 Å². The zero-order valence-electron chi connectivity index (χ0n) is 10.7. The summed E-state index contributed by atoms with van der Waals surface area (Å²) in [7, 11) is 0. The molecular formula is C12H18N2O3S. The molecule has 5 nitrogen and oxygen atoms in total. The van der Waals surface area contributed by atoms with Crippen molar-refractivity contribution in [3.63, 3.8) is 0 Å². The minimum Gasteiger partial charge on any atom is -0.480 e. The summed E-state index contributed by atoms with van der Waals surface area (Å²) in [6.07, 6.45) is 0. The predicted octanol–water partition coefficient (Wildman–Crippen LogP) is 2.05. The molecule has 100 valence electrons. The number of carbonyl (C=O) groups excluding carboxylic acids is 1. The molecule has 0 bridgehead atoms. The molecule has 6 heteroatoms. The van der Waals surface area contributed by atoms with Gasteiger partial charge in [0.05, 0.1) is 0 Å². The second-order valence-electron chi connectivity index (χ2n) is 5.10. The van der Waals surface area contributed by atoms with Crippen LogP contribution >= 0.6 is 11.3 Å². The van der Waals surface area contributed by atoms with Gasteiger partial charge in [0.1, 0.15) is 6.04 Å². The van der Waals surface area contributed by atoms with Crippen molar-refractivity contribution in [3.8, 4) is 0 Å². The van der Waals surface area contributed by atoms with Crippen molar-refractivity contribution in [2.75, 3.05) is 0 Å². The van der Waals surface area contributed by atoms with E-state index in [4.69, 9.17) is 5.11 Å². The molecule has 0 fully saturated rings. The van der Waals surface area contributed by atoms with Gasteiger partial charge in [-0.05, 0) is 27.8 Å². The molecule has 1 aromatic rings. The second-order valence-corrected chi connectivity index (χ2v) is 5.88. The first kappa shape index (κ1) is 14.5. The van der Waals surface area contributed by atoms with E-state index in [1.807, 2.05) is 16.8 Å². The fraction of sp³-hybridized carbons (Fsp3) is 0.500. The number of rotatable bonds is 4. The van der Waals surface area contributed by atoms with Gasteiger partial charge in [-0.3, -0.25) is 0 Å². The number of amides is 2. The minimum atomic E-state index is -1.03. The van der Waals surface area contributed by atoms with E-state index in [1.54, 1.807) is 32.1 Å². The smallest absolute Gasteiger partial charge is 0.326 e. The van der Waals surface area contributed by atoms with Gasteiger partial charge in [-0.2, -0.15) is 11.3 Å². The summed E-state index contributed by atoms with van der Waals surface area (Å²) in [6, 6.07) is 0.520. The van der Waals surface area contributed by atoms with E-state index < -0.39 is 23.5 Å². The summed E-state index contributed by atoms with van der Waals surface area (Å²) in [5.41, 5.74) is 0.462. The molecule has 0 aromatic carbocycles. The van der Waals surface area contributed by atoms with Crippen molar-refractivity contribution < 1.29 is 14.7 Å². The van der Waals surface area contributed by atoms with Gasteiger partial charge in [-0.1, -0.05) is 20.8 Å². The van der Waals surface area contributed by atoms with Crippen molar-refractivity contribution in [1.29, 1.82) is 0 Å². The average molecular weight is 270 g/mol. The van der Waals surface area contributed by atoms with Gasteiger partial charge >= 0.3 is 12.0 Å². The third kappa shape index (κ3) is 4.37. The van der Waals surface area contributed by atoms with Crippen LogP contribution in [0.2, 0.25) is 0 Å². The Labute approximate surface area is 110 Å². The molecule has 0 spiro atoms. The summed E-state index contributed by atoms with van der Waals surface area (Å²) in [4.78, 5) is 22.7. The van der Waals surface area contributed by atoms with Crippen molar-refractivity contribution in [3.05, 3.63) is 22.4 Å². The monoisotopic (exact) mass is 270 g/mol. The number of nitrogens with one attached hydrogen (secondary N) is 2. The number of hydrogen-bond donors (Lipinski definition) is 3. The number of carboxylic acid groups (broad SMARTS) is 1. The highest BCUT2D eigenvalue weighted by atomic mass is 32.1. The van der Waals surface area contributed by atoms with E-state index in [-0.39, 0.29) is 0 Å². The Morgan fingerprint density at radius 2 is 2.11 bits per heavy atom. The molecule has 0 aliphatic carbocycles. The van der Waals surface area contributed by atoms with E-state index in [0.717, 1.165) is 5.56 Å². The molecule has 0 saturated carbocycles. The molecule has 1 heterocycles. The Morgan fingerprint density at radius 3 is 2.56 bits per heavy atom. The zero-order valence-corrected chi connectivity index (χ0v) is 11.5. The van der Waals surface area contributed by atoms with Crippen LogP contribution in [0, 0.1) is 5.41 Å². The van der Waals surface area contributed by atoms with E-state index in [2.05, 4.69) is 10.6 Å². The van der Waals surface area contributed by atoms with E-state index >= 15 is 0 Å². The second kappa shape index (κ2) is 5.86. The Morgan fingerprint density at radius 1 is 1.44 bits per heavy atom. The lowest BCUT2D eigenvalue weighted by molar-refractivity contribution is -0.141. The van der Waals surface area contributed by atoms with Crippen molar-refractivity contribution in [2.24, 2.45) is 5.41 Å². The Kier molecular flexibility index (Phi) is 4.72. The van der Waals surface area contributed by atoms with Crippen molar-refractivity contribution >= 4 is 23.3 Å². The van der Waals surface area contributed by atoms with Crippen LogP contribution in [0.3, 0.4) is 0 Å². The fourth-order valence-corrected chi connectivity index (χ4v) is 2.07. The molecule has 0 saturated heterocycles. The topological polar surface area (TPSA) is 78.4 Å². The molecule has 2 amide bonds. The summed E-state index contributed by atoms with van der Waals surface area (Å²) in [5, 5.41) is 18.0. The number of carboxylic acids is 1. The first-order valence-electron chi connectivity index (χ1n) is 5.59. The molecule has 1 aromatic heterocycles. The van der Waals surface area contributed by atoms with E-state index in [9.17, 15) is 9.59 Å². The van der Waals surface area contributed by atoms with Gasteiger partial charge in [0.2, 0.25) is 0 Å². The van der Waals surface area contributed by atoms with Crippen LogP contribution in [-0.4, -0.2) is 23.1 Å². The van der Waals surface area contributed by atoms with Crippen LogP contribution in [0.1, 0.15) is 26.3 Å². The lowest BCUT2D eigenvalue weighted by Gasteiger charge is -2.27. The third-order valence-electron chi connectivity index (χ3n) is 2.42. The molecule has 1 atom stereocenters. The van der Waals surface area contributed by atoms with Crippen LogP contribution in [0.15, 0.2) is 16.8 Å². The minimum absolute atomic E-state index is 0.395. The molecule has 0 aliphatic heterocycles.